The van der Waals surface area contributed by atoms with E-state index in [2.05, 4.69) is 20.6 Å². The van der Waals surface area contributed by atoms with Crippen LogP contribution in [0, 0.1) is 0 Å². The molecule has 6 nitrogen and oxygen atoms in total. The summed E-state index contributed by atoms with van der Waals surface area (Å²) in [7, 11) is 0. The van der Waals surface area contributed by atoms with Crippen molar-refractivity contribution in [3.8, 4) is 0 Å². The van der Waals surface area contributed by atoms with Crippen LogP contribution in [0.1, 0.15) is 18.2 Å². The topological polar surface area (TPSA) is 69.6 Å². The van der Waals surface area contributed by atoms with Crippen LogP contribution in [-0.2, 0) is 17.8 Å². The molecule has 0 aliphatic rings. The molecule has 1 aromatic heterocycles. The van der Waals surface area contributed by atoms with E-state index in [1.807, 2.05) is 49.4 Å². The van der Waals surface area contributed by atoms with Crippen molar-refractivity contribution in [1.82, 2.24) is 20.5 Å². The molecule has 0 fully saturated rings. The SMILES string of the molecule is CC(=NCCc1ccccn1)N/C=C(/Cl)N(C=O)CCNCc1ccccc1Cl. The van der Waals surface area contributed by atoms with Crippen molar-refractivity contribution in [2.24, 2.45) is 4.99 Å². The van der Waals surface area contributed by atoms with Crippen LogP contribution in [0.25, 0.3) is 0 Å². The quantitative estimate of drug-likeness (QED) is 0.187. The summed E-state index contributed by atoms with van der Waals surface area (Å²) < 4.78 is 0. The summed E-state index contributed by atoms with van der Waals surface area (Å²) in [4.78, 5) is 21.4. The number of nitrogens with one attached hydrogen (secondary N) is 2. The number of carbonyl (C=O) groups is 1. The molecule has 0 radical (unpaired) electrons. The molecule has 0 saturated heterocycles. The molecule has 2 rings (SSSR count). The molecule has 0 atom stereocenters. The smallest absolute Gasteiger partial charge is 0.214 e. The first-order valence-corrected chi connectivity index (χ1v) is 10.0. The molecule has 0 spiro atoms. The number of halogens is 2. The molecule has 29 heavy (non-hydrogen) atoms. The lowest BCUT2D eigenvalue weighted by Gasteiger charge is -2.17. The van der Waals surface area contributed by atoms with E-state index in [1.54, 1.807) is 12.4 Å². The van der Waals surface area contributed by atoms with E-state index in [-0.39, 0.29) is 0 Å². The second-order valence-electron chi connectivity index (χ2n) is 6.22. The number of carbonyl (C=O) groups excluding carboxylic acids is 1. The van der Waals surface area contributed by atoms with Crippen LogP contribution in [-0.4, -0.2) is 41.8 Å². The van der Waals surface area contributed by atoms with Gasteiger partial charge in [0.25, 0.3) is 0 Å². The molecule has 0 bridgehead atoms. The summed E-state index contributed by atoms with van der Waals surface area (Å²) >= 11 is 12.3. The molecule has 1 heterocycles. The number of rotatable bonds is 11. The lowest BCUT2D eigenvalue weighted by molar-refractivity contribution is -0.116. The number of nitrogens with zero attached hydrogens (tertiary/aromatic N) is 3. The Morgan fingerprint density at radius 2 is 2.03 bits per heavy atom. The third kappa shape index (κ3) is 8.64. The van der Waals surface area contributed by atoms with E-state index >= 15 is 0 Å². The van der Waals surface area contributed by atoms with Gasteiger partial charge in [0.2, 0.25) is 6.41 Å². The summed E-state index contributed by atoms with van der Waals surface area (Å²) in [5.74, 6) is 0.710. The highest BCUT2D eigenvalue weighted by Crippen LogP contribution is 2.14. The molecule has 0 aliphatic heterocycles. The second-order valence-corrected chi connectivity index (χ2v) is 7.01. The highest BCUT2D eigenvalue weighted by Gasteiger charge is 2.06. The van der Waals surface area contributed by atoms with Gasteiger partial charge in [-0.3, -0.25) is 14.8 Å². The Balaban J connectivity index is 1.73. The summed E-state index contributed by atoms with van der Waals surface area (Å²) in [5, 5.41) is 7.26. The first-order chi connectivity index (χ1) is 14.1. The average molecular weight is 434 g/mol. The van der Waals surface area contributed by atoms with Crippen LogP contribution in [0.2, 0.25) is 5.02 Å². The van der Waals surface area contributed by atoms with Gasteiger partial charge in [-0.25, -0.2) is 0 Å². The number of aliphatic imine (C=N–C) groups is 1. The molecule has 1 amide bonds. The number of pyridine rings is 1. The standard InChI is InChI=1S/C21H25Cl2N5O/c1-17(25-11-9-19-7-4-5-10-26-19)27-15-21(23)28(16-29)13-12-24-14-18-6-2-3-8-20(18)22/h2-8,10,15-16,24H,9,11-14H2,1H3,(H,25,27)/b21-15-. The van der Waals surface area contributed by atoms with Crippen molar-refractivity contribution >= 4 is 35.4 Å². The Morgan fingerprint density at radius 3 is 2.76 bits per heavy atom. The van der Waals surface area contributed by atoms with Crippen LogP contribution in [0.4, 0.5) is 0 Å². The molecule has 2 N–H and O–H groups in total. The van der Waals surface area contributed by atoms with Gasteiger partial charge in [-0.15, -0.1) is 0 Å². The van der Waals surface area contributed by atoms with Crippen molar-refractivity contribution in [3.63, 3.8) is 0 Å². The lowest BCUT2D eigenvalue weighted by Crippen LogP contribution is -2.30. The van der Waals surface area contributed by atoms with E-state index in [0.717, 1.165) is 17.7 Å². The zero-order chi connectivity index (χ0) is 20.9. The van der Waals surface area contributed by atoms with Gasteiger partial charge in [-0.05, 0) is 30.7 Å². The number of hydrogen-bond acceptors (Lipinski definition) is 4. The number of aromatic nitrogens is 1. The number of hydrogen-bond donors (Lipinski definition) is 2. The minimum Gasteiger partial charge on any atom is -0.348 e. The summed E-state index contributed by atoms with van der Waals surface area (Å²) in [6.07, 6.45) is 4.79. The Bertz CT molecular complexity index is 827. The van der Waals surface area contributed by atoms with Crippen molar-refractivity contribution in [2.75, 3.05) is 19.6 Å². The maximum absolute atomic E-state index is 11.3. The maximum atomic E-state index is 11.3. The van der Waals surface area contributed by atoms with E-state index in [4.69, 9.17) is 23.2 Å². The van der Waals surface area contributed by atoms with Crippen LogP contribution in [0.5, 0.6) is 0 Å². The van der Waals surface area contributed by atoms with E-state index < -0.39 is 0 Å². The van der Waals surface area contributed by atoms with Gasteiger partial charge in [0, 0.05) is 55.7 Å². The molecule has 154 valence electrons. The van der Waals surface area contributed by atoms with E-state index in [9.17, 15) is 4.79 Å². The minimum absolute atomic E-state index is 0.291. The molecular weight excluding hydrogens is 409 g/mol. The Morgan fingerprint density at radius 1 is 1.24 bits per heavy atom. The number of amides is 1. The van der Waals surface area contributed by atoms with Crippen molar-refractivity contribution in [2.45, 2.75) is 19.9 Å². The zero-order valence-corrected chi connectivity index (χ0v) is 17.8. The van der Waals surface area contributed by atoms with Gasteiger partial charge < -0.3 is 15.5 Å². The summed E-state index contributed by atoms with van der Waals surface area (Å²) in [5.41, 5.74) is 2.00. The highest BCUT2D eigenvalue weighted by atomic mass is 35.5. The monoisotopic (exact) mass is 433 g/mol. The van der Waals surface area contributed by atoms with Crippen molar-refractivity contribution < 1.29 is 4.79 Å². The summed E-state index contributed by atoms with van der Waals surface area (Å²) in [6.45, 7) is 4.08. The molecule has 0 unspecified atom stereocenters. The third-order valence-corrected chi connectivity index (χ3v) is 4.74. The Kier molecular flexibility index (Phi) is 10.2. The average Bonchev–Trinajstić information content (AvgIpc) is 2.74. The summed E-state index contributed by atoms with van der Waals surface area (Å²) in [6, 6.07) is 13.4. The van der Waals surface area contributed by atoms with Gasteiger partial charge in [-0.1, -0.05) is 47.5 Å². The molecule has 8 heteroatoms. The first-order valence-electron chi connectivity index (χ1n) is 9.29. The molecule has 0 aliphatic carbocycles. The molecule has 0 saturated carbocycles. The Labute approximate surface area is 181 Å². The lowest BCUT2D eigenvalue weighted by atomic mass is 10.2. The number of amidine groups is 1. The van der Waals surface area contributed by atoms with Crippen LogP contribution >= 0.6 is 23.2 Å². The van der Waals surface area contributed by atoms with E-state index in [0.29, 0.717) is 48.6 Å². The normalized spacial score (nSPS) is 12.0. The fourth-order valence-electron chi connectivity index (χ4n) is 2.45. The first kappa shape index (κ1) is 22.9. The fourth-order valence-corrected chi connectivity index (χ4v) is 2.83. The fraction of sp³-hybridized carbons (Fsp3) is 0.286. The minimum atomic E-state index is 0.291. The van der Waals surface area contributed by atoms with E-state index in [1.165, 1.54) is 4.90 Å². The van der Waals surface area contributed by atoms with Crippen LogP contribution in [0.15, 0.2) is 65.0 Å². The van der Waals surface area contributed by atoms with Gasteiger partial charge in [0.1, 0.15) is 5.16 Å². The highest BCUT2D eigenvalue weighted by molar-refractivity contribution is 6.31. The third-order valence-electron chi connectivity index (χ3n) is 4.05. The predicted octanol–water partition coefficient (Wildman–Crippen LogP) is 3.57. The van der Waals surface area contributed by atoms with Crippen molar-refractivity contribution in [3.05, 3.63) is 76.3 Å². The molecular formula is C21H25Cl2N5O. The van der Waals surface area contributed by atoms with Gasteiger partial charge in [-0.2, -0.15) is 0 Å². The largest absolute Gasteiger partial charge is 0.348 e. The second kappa shape index (κ2) is 12.9. The predicted molar refractivity (Wildman–Crippen MR) is 119 cm³/mol. The molecule has 1 aromatic carbocycles. The van der Waals surface area contributed by atoms with Crippen molar-refractivity contribution in [1.29, 1.82) is 0 Å². The van der Waals surface area contributed by atoms with Gasteiger partial charge in [0.05, 0.1) is 5.84 Å². The Hall–Kier alpha value is -2.41. The maximum Gasteiger partial charge on any atom is 0.214 e. The molecule has 2 aromatic rings. The van der Waals surface area contributed by atoms with Crippen LogP contribution in [0.3, 0.4) is 0 Å². The van der Waals surface area contributed by atoms with Crippen LogP contribution < -0.4 is 10.6 Å². The number of benzene rings is 1. The van der Waals surface area contributed by atoms with Gasteiger partial charge in [0.15, 0.2) is 0 Å². The zero-order valence-electron chi connectivity index (χ0n) is 16.3. The van der Waals surface area contributed by atoms with Gasteiger partial charge >= 0.3 is 0 Å².